The molecule has 4 rings (SSSR count). The normalized spacial score (nSPS) is 16.4. The Balaban J connectivity index is 1.73. The van der Waals surface area contributed by atoms with Crippen molar-refractivity contribution >= 4 is 22.7 Å². The Bertz CT molecular complexity index is 1190. The number of rotatable bonds is 4. The lowest BCUT2D eigenvalue weighted by Crippen LogP contribution is -2.43. The van der Waals surface area contributed by atoms with Gasteiger partial charge in [0.15, 0.2) is 5.78 Å². The van der Waals surface area contributed by atoms with Crippen molar-refractivity contribution in [1.82, 2.24) is 15.2 Å². The van der Waals surface area contributed by atoms with E-state index in [1.54, 1.807) is 25.4 Å². The molecule has 6 heteroatoms. The van der Waals surface area contributed by atoms with E-state index < -0.39 is 6.04 Å². The predicted molar refractivity (Wildman–Crippen MR) is 113 cm³/mol. The van der Waals surface area contributed by atoms with E-state index in [9.17, 15) is 14.0 Å². The molecule has 1 aliphatic heterocycles. The number of halogens is 1. The fraction of sp³-hybridized carbons (Fsp3) is 0.208. The molecule has 2 heterocycles. The number of hydrogen-bond acceptors (Lipinski definition) is 3. The molecule has 0 aliphatic carbocycles. The van der Waals surface area contributed by atoms with Gasteiger partial charge in [-0.25, -0.2) is 9.18 Å². The second kappa shape index (κ2) is 7.71. The lowest BCUT2D eigenvalue weighted by Gasteiger charge is -2.30. The zero-order valence-electron chi connectivity index (χ0n) is 17.1. The van der Waals surface area contributed by atoms with Crippen LogP contribution in [0.4, 0.5) is 9.18 Å². The molecule has 3 aromatic rings. The van der Waals surface area contributed by atoms with Gasteiger partial charge in [-0.2, -0.15) is 0 Å². The average molecular weight is 403 g/mol. The van der Waals surface area contributed by atoms with E-state index in [2.05, 4.69) is 10.3 Å². The molecule has 2 amide bonds. The van der Waals surface area contributed by atoms with Gasteiger partial charge < -0.3 is 10.2 Å². The van der Waals surface area contributed by atoms with E-state index in [0.29, 0.717) is 11.1 Å². The van der Waals surface area contributed by atoms with Crippen LogP contribution < -0.4 is 5.32 Å². The van der Waals surface area contributed by atoms with Gasteiger partial charge in [0.05, 0.1) is 11.6 Å². The van der Waals surface area contributed by atoms with Crippen LogP contribution in [0.5, 0.6) is 0 Å². The van der Waals surface area contributed by atoms with Crippen LogP contribution in [0.1, 0.15) is 28.4 Å². The molecular formula is C24H22FN3O2. The Morgan fingerprint density at radius 3 is 2.57 bits per heavy atom. The third kappa shape index (κ3) is 3.68. The summed E-state index contributed by atoms with van der Waals surface area (Å²) in [4.78, 5) is 31.5. The summed E-state index contributed by atoms with van der Waals surface area (Å²) in [6.45, 7) is 3.91. The fourth-order valence-corrected chi connectivity index (χ4v) is 3.77. The van der Waals surface area contributed by atoms with Crippen LogP contribution in [0.3, 0.4) is 0 Å². The highest BCUT2D eigenvalue weighted by Gasteiger charge is 2.30. The highest BCUT2D eigenvalue weighted by Crippen LogP contribution is 2.29. The fourth-order valence-electron chi connectivity index (χ4n) is 3.77. The highest BCUT2D eigenvalue weighted by atomic mass is 19.1. The Kier molecular flexibility index (Phi) is 5.08. The molecule has 30 heavy (non-hydrogen) atoms. The molecule has 1 aliphatic rings. The van der Waals surface area contributed by atoms with Gasteiger partial charge in [0.1, 0.15) is 5.82 Å². The number of nitrogens with one attached hydrogen (secondary N) is 1. The number of carbonyl (C=O) groups is 2. The van der Waals surface area contributed by atoms with Crippen LogP contribution >= 0.6 is 0 Å². The third-order valence-corrected chi connectivity index (χ3v) is 5.45. The van der Waals surface area contributed by atoms with Gasteiger partial charge in [0.25, 0.3) is 0 Å². The van der Waals surface area contributed by atoms with Crippen LogP contribution in [-0.4, -0.2) is 28.7 Å². The second-order valence-corrected chi connectivity index (χ2v) is 7.61. The molecule has 0 saturated carbocycles. The quantitative estimate of drug-likeness (QED) is 0.703. The van der Waals surface area contributed by atoms with Crippen LogP contribution in [0.25, 0.3) is 10.9 Å². The summed E-state index contributed by atoms with van der Waals surface area (Å²) >= 11 is 0. The number of aromatic nitrogens is 1. The summed E-state index contributed by atoms with van der Waals surface area (Å²) in [6, 6.07) is 12.7. The van der Waals surface area contributed by atoms with Gasteiger partial charge in [0, 0.05) is 36.3 Å². The average Bonchev–Trinajstić information content (AvgIpc) is 2.72. The number of carbonyl (C=O) groups excluding carboxylic acids is 2. The largest absolute Gasteiger partial charge is 0.327 e. The van der Waals surface area contributed by atoms with Gasteiger partial charge in [0.2, 0.25) is 0 Å². The van der Waals surface area contributed by atoms with E-state index in [1.807, 2.05) is 38.1 Å². The molecule has 0 unspecified atom stereocenters. The predicted octanol–water partition coefficient (Wildman–Crippen LogP) is 4.38. The van der Waals surface area contributed by atoms with Crippen LogP contribution in [0.2, 0.25) is 0 Å². The summed E-state index contributed by atoms with van der Waals surface area (Å²) < 4.78 is 13.4. The second-order valence-electron chi connectivity index (χ2n) is 7.61. The molecule has 0 bridgehead atoms. The molecule has 0 fully saturated rings. The highest BCUT2D eigenvalue weighted by molar-refractivity contribution is 6.02. The first-order valence-corrected chi connectivity index (χ1v) is 9.73. The standard InChI is InChI=1S/C24H22FN3O2/c1-14-4-11-21-18(10-5-15(2)26-21)19(14)12-22(29)20-13-28(3)24(30)27-23(20)16-6-8-17(25)9-7-16/h4-11,13,23H,12H2,1-3H3,(H,27,30)/t23-/m0/s1. The minimum absolute atomic E-state index is 0.104. The van der Waals surface area contributed by atoms with Gasteiger partial charge in [-0.15, -0.1) is 0 Å². The van der Waals surface area contributed by atoms with Crippen molar-refractivity contribution in [2.24, 2.45) is 0 Å². The lowest BCUT2D eigenvalue weighted by atomic mass is 9.89. The van der Waals surface area contributed by atoms with Crippen LogP contribution in [-0.2, 0) is 11.2 Å². The SMILES string of the molecule is Cc1ccc2c(CC(=O)C3=CN(C)C(=O)N[C@H]3c3ccc(F)cc3)c(C)ccc2n1. The number of benzene rings is 2. The first kappa shape index (κ1) is 19.8. The number of Topliss-reactive ketones (excluding diaryl/α,β-unsaturated/α-hetero) is 1. The first-order chi connectivity index (χ1) is 14.3. The van der Waals surface area contributed by atoms with Crippen LogP contribution in [0, 0.1) is 19.7 Å². The molecule has 1 aromatic heterocycles. The van der Waals surface area contributed by atoms with E-state index in [4.69, 9.17) is 0 Å². The number of nitrogens with zero attached hydrogens (tertiary/aromatic N) is 2. The van der Waals surface area contributed by atoms with E-state index in [-0.39, 0.29) is 24.1 Å². The van der Waals surface area contributed by atoms with Crippen molar-refractivity contribution in [2.75, 3.05) is 7.05 Å². The Hall–Kier alpha value is -3.54. The minimum atomic E-state index is -0.627. The maximum absolute atomic E-state index is 13.4. The monoisotopic (exact) mass is 403 g/mol. The smallest absolute Gasteiger partial charge is 0.321 e. The molecule has 2 aromatic carbocycles. The lowest BCUT2D eigenvalue weighted by molar-refractivity contribution is -0.115. The maximum Gasteiger partial charge on any atom is 0.321 e. The summed E-state index contributed by atoms with van der Waals surface area (Å²) in [5.74, 6) is -0.476. The molecule has 1 N–H and O–H groups in total. The van der Waals surface area contributed by atoms with E-state index >= 15 is 0 Å². The zero-order valence-corrected chi connectivity index (χ0v) is 17.1. The van der Waals surface area contributed by atoms with Crippen molar-refractivity contribution in [3.05, 3.63) is 88.5 Å². The Morgan fingerprint density at radius 1 is 1.10 bits per heavy atom. The number of pyridine rings is 1. The van der Waals surface area contributed by atoms with Gasteiger partial charge in [-0.1, -0.05) is 24.3 Å². The molecule has 0 saturated heterocycles. The molecule has 5 nitrogen and oxygen atoms in total. The van der Waals surface area contributed by atoms with Crippen molar-refractivity contribution in [3.8, 4) is 0 Å². The molecule has 0 radical (unpaired) electrons. The molecule has 1 atom stereocenters. The molecular weight excluding hydrogens is 381 g/mol. The number of urea groups is 1. The number of amides is 2. The van der Waals surface area contributed by atoms with Gasteiger partial charge in [-0.05, 0) is 54.8 Å². The topological polar surface area (TPSA) is 62.3 Å². The number of ketones is 1. The number of hydrogen-bond donors (Lipinski definition) is 1. The number of aryl methyl sites for hydroxylation is 2. The van der Waals surface area contributed by atoms with Crippen molar-refractivity contribution in [1.29, 1.82) is 0 Å². The maximum atomic E-state index is 13.4. The van der Waals surface area contributed by atoms with Gasteiger partial charge in [-0.3, -0.25) is 9.78 Å². The first-order valence-electron chi connectivity index (χ1n) is 9.73. The molecule has 0 spiro atoms. The Labute approximate surface area is 174 Å². The van der Waals surface area contributed by atoms with Gasteiger partial charge >= 0.3 is 6.03 Å². The Morgan fingerprint density at radius 2 is 1.83 bits per heavy atom. The number of fused-ring (bicyclic) bond motifs is 1. The van der Waals surface area contributed by atoms with Crippen molar-refractivity contribution in [3.63, 3.8) is 0 Å². The van der Waals surface area contributed by atoms with Crippen molar-refractivity contribution in [2.45, 2.75) is 26.3 Å². The van der Waals surface area contributed by atoms with Crippen molar-refractivity contribution < 1.29 is 14.0 Å². The summed E-state index contributed by atoms with van der Waals surface area (Å²) in [5.41, 5.74) is 4.81. The third-order valence-electron chi connectivity index (χ3n) is 5.45. The summed E-state index contributed by atoms with van der Waals surface area (Å²) in [6.07, 6.45) is 1.75. The van der Waals surface area contributed by atoms with Crippen LogP contribution in [0.15, 0.2) is 60.3 Å². The zero-order chi connectivity index (χ0) is 21.4. The van der Waals surface area contributed by atoms with E-state index in [0.717, 1.165) is 27.7 Å². The summed E-state index contributed by atoms with van der Waals surface area (Å²) in [5, 5.41) is 3.79. The minimum Gasteiger partial charge on any atom is -0.327 e. The van der Waals surface area contributed by atoms with E-state index in [1.165, 1.54) is 17.0 Å². The summed E-state index contributed by atoms with van der Waals surface area (Å²) in [7, 11) is 1.60. The molecule has 152 valence electrons.